The standard InChI is InChI=1S/C32H18N8.Ag/c1-2-10-18-17(9-1)25-33-26(18)38-28-21-13-5-6-14-22(21)30(35-28)40-32-24-16-8-7-15-23(24)31(36-32)39-29-20-12-4-3-11-19(20)27(34-29)37-25;/h1-16H,(H2,33,34,35,36,37,38,39,40);. The van der Waals surface area contributed by atoms with Crippen molar-refractivity contribution >= 4 is 44.1 Å². The molecule has 0 saturated carbocycles. The van der Waals surface area contributed by atoms with Crippen LogP contribution in [0.2, 0.25) is 0 Å². The van der Waals surface area contributed by atoms with Crippen molar-refractivity contribution in [3.05, 3.63) is 97.1 Å². The Kier molecular flexibility index (Phi) is 5.23. The predicted molar refractivity (Wildman–Crippen MR) is 156 cm³/mol. The molecule has 3 aromatic heterocycles. The van der Waals surface area contributed by atoms with Crippen molar-refractivity contribution in [2.75, 3.05) is 0 Å². The summed E-state index contributed by atoms with van der Waals surface area (Å²) in [5.41, 5.74) is 6.45. The summed E-state index contributed by atoms with van der Waals surface area (Å²) in [5.74, 6) is 2.39. The van der Waals surface area contributed by atoms with Crippen LogP contribution in [0.1, 0.15) is 0 Å². The van der Waals surface area contributed by atoms with E-state index >= 15 is 0 Å². The number of hydrogen-bond donors (Lipinski definition) is 2. The normalized spacial score (nSPS) is 11.7. The van der Waals surface area contributed by atoms with E-state index < -0.39 is 0 Å². The number of H-pyrrole nitrogens is 2. The zero-order valence-corrected chi connectivity index (χ0v) is 22.7. The van der Waals surface area contributed by atoms with Crippen molar-refractivity contribution in [3.8, 4) is 45.6 Å². The third-order valence-electron chi connectivity index (χ3n) is 7.46. The second-order valence-electron chi connectivity index (χ2n) is 9.79. The summed E-state index contributed by atoms with van der Waals surface area (Å²) < 4.78 is 0. The van der Waals surface area contributed by atoms with Crippen molar-refractivity contribution in [3.63, 3.8) is 0 Å². The van der Waals surface area contributed by atoms with Gasteiger partial charge in [0.15, 0.2) is 23.3 Å². The summed E-state index contributed by atoms with van der Waals surface area (Å²) in [5, 5.41) is 3.82. The van der Waals surface area contributed by atoms with E-state index in [0.29, 0.717) is 45.9 Å². The SMILES string of the molecule is [Ag].c1ccc2c(c1)-c1nc-2nc2[nH]c(nc3nc(nc4[nH]c(n1)c1ccccc41)-c1ccccc1-3)c1ccccc21. The van der Waals surface area contributed by atoms with Gasteiger partial charge in [0, 0.05) is 66.2 Å². The monoisotopic (exact) mass is 621 g/mol. The van der Waals surface area contributed by atoms with Gasteiger partial charge in [0.25, 0.3) is 0 Å². The summed E-state index contributed by atoms with van der Waals surface area (Å²) in [6.07, 6.45) is 0. The van der Waals surface area contributed by atoms with E-state index in [1.165, 1.54) is 0 Å². The zero-order valence-electron chi connectivity index (χ0n) is 21.2. The summed E-state index contributed by atoms with van der Waals surface area (Å²) in [4.78, 5) is 36.8. The second-order valence-corrected chi connectivity index (χ2v) is 9.79. The minimum atomic E-state index is 0. The van der Waals surface area contributed by atoms with E-state index in [-0.39, 0.29) is 22.4 Å². The Morgan fingerprint density at radius 3 is 0.829 bits per heavy atom. The molecule has 0 amide bonds. The second kappa shape index (κ2) is 9.00. The number of fused-ring (bicyclic) bond motifs is 20. The first kappa shape index (κ1) is 23.8. The molecule has 2 aliphatic rings. The predicted octanol–water partition coefficient (Wildman–Crippen LogP) is 6.87. The fourth-order valence-electron chi connectivity index (χ4n) is 5.59. The van der Waals surface area contributed by atoms with E-state index in [1.54, 1.807) is 0 Å². The molecule has 197 valence electrons. The van der Waals surface area contributed by atoms with Crippen LogP contribution >= 0.6 is 0 Å². The van der Waals surface area contributed by atoms with Gasteiger partial charge >= 0.3 is 0 Å². The van der Waals surface area contributed by atoms with Gasteiger partial charge in [0.05, 0.1) is 0 Å². The number of aromatic nitrogens is 8. The minimum absolute atomic E-state index is 0. The number of benzene rings is 4. The molecule has 0 saturated heterocycles. The summed E-state index contributed by atoms with van der Waals surface area (Å²) in [6.45, 7) is 0. The summed E-state index contributed by atoms with van der Waals surface area (Å²) >= 11 is 0. The van der Waals surface area contributed by atoms with Crippen LogP contribution in [0, 0.1) is 0 Å². The quantitative estimate of drug-likeness (QED) is 0.179. The fourth-order valence-corrected chi connectivity index (χ4v) is 5.59. The van der Waals surface area contributed by atoms with E-state index in [0.717, 1.165) is 43.8 Å². The maximum absolute atomic E-state index is 5.02. The molecule has 2 N–H and O–H groups in total. The van der Waals surface area contributed by atoms with Gasteiger partial charge in [-0.25, -0.2) is 29.9 Å². The number of rotatable bonds is 0. The van der Waals surface area contributed by atoms with Crippen LogP contribution in [-0.4, -0.2) is 39.9 Å². The van der Waals surface area contributed by atoms with Crippen LogP contribution in [0.25, 0.3) is 89.7 Å². The Balaban J connectivity index is 0.00000256. The Morgan fingerprint density at radius 2 is 0.561 bits per heavy atom. The molecule has 5 heterocycles. The number of nitrogens with zero attached hydrogens (tertiary/aromatic N) is 6. The van der Waals surface area contributed by atoms with Crippen LogP contribution in [0.4, 0.5) is 0 Å². The molecular weight excluding hydrogens is 604 g/mol. The third-order valence-corrected chi connectivity index (χ3v) is 7.46. The summed E-state index contributed by atoms with van der Waals surface area (Å²) in [6, 6.07) is 32.2. The Labute approximate surface area is 248 Å². The van der Waals surface area contributed by atoms with Crippen molar-refractivity contribution < 1.29 is 22.4 Å². The molecule has 8 bridgehead atoms. The molecule has 0 spiro atoms. The smallest absolute Gasteiger partial charge is 0.164 e. The number of aromatic amines is 2. The fraction of sp³-hybridized carbons (Fsp3) is 0. The average molecular weight is 622 g/mol. The maximum atomic E-state index is 5.02. The van der Waals surface area contributed by atoms with Crippen LogP contribution in [0.15, 0.2) is 97.1 Å². The average Bonchev–Trinajstić information content (AvgIpc) is 3.73. The van der Waals surface area contributed by atoms with E-state index in [9.17, 15) is 0 Å². The Morgan fingerprint density at radius 1 is 0.317 bits per heavy atom. The summed E-state index contributed by atoms with van der Waals surface area (Å²) in [7, 11) is 0. The van der Waals surface area contributed by atoms with E-state index in [2.05, 4.69) is 9.97 Å². The van der Waals surface area contributed by atoms with Gasteiger partial charge in [-0.05, 0) is 0 Å². The van der Waals surface area contributed by atoms with Crippen LogP contribution < -0.4 is 0 Å². The molecule has 2 aliphatic heterocycles. The molecule has 9 heteroatoms. The van der Waals surface area contributed by atoms with Crippen molar-refractivity contribution in [2.45, 2.75) is 0 Å². The molecule has 7 aromatic rings. The van der Waals surface area contributed by atoms with Gasteiger partial charge < -0.3 is 9.97 Å². The van der Waals surface area contributed by atoms with Crippen molar-refractivity contribution in [1.29, 1.82) is 0 Å². The third kappa shape index (κ3) is 3.59. The first-order chi connectivity index (χ1) is 19.8. The van der Waals surface area contributed by atoms with Crippen LogP contribution in [0.3, 0.4) is 0 Å². The van der Waals surface area contributed by atoms with Gasteiger partial charge in [-0.2, -0.15) is 0 Å². The molecule has 1 radical (unpaired) electrons. The van der Waals surface area contributed by atoms with Gasteiger partial charge in [0.2, 0.25) is 0 Å². The van der Waals surface area contributed by atoms with Gasteiger partial charge in [-0.3, -0.25) is 0 Å². The molecule has 4 aromatic carbocycles. The molecule has 0 fully saturated rings. The largest absolute Gasteiger partial charge is 0.324 e. The van der Waals surface area contributed by atoms with Crippen molar-refractivity contribution in [1.82, 2.24) is 39.9 Å². The molecular formula is C32H18AgN8. The topological polar surface area (TPSA) is 109 Å². The molecule has 0 unspecified atom stereocenters. The Hall–Kier alpha value is -5.02. The van der Waals surface area contributed by atoms with Crippen LogP contribution in [-0.2, 0) is 22.4 Å². The van der Waals surface area contributed by atoms with Crippen LogP contribution in [0.5, 0.6) is 0 Å². The maximum Gasteiger partial charge on any atom is 0.164 e. The minimum Gasteiger partial charge on any atom is -0.324 e. The van der Waals surface area contributed by atoms with Gasteiger partial charge in [0.1, 0.15) is 22.6 Å². The van der Waals surface area contributed by atoms with Gasteiger partial charge in [-0.15, -0.1) is 0 Å². The van der Waals surface area contributed by atoms with Crippen molar-refractivity contribution in [2.24, 2.45) is 0 Å². The first-order valence-electron chi connectivity index (χ1n) is 13.0. The first-order valence-corrected chi connectivity index (χ1v) is 13.0. The molecule has 0 aliphatic carbocycles. The molecule has 9 rings (SSSR count). The molecule has 41 heavy (non-hydrogen) atoms. The van der Waals surface area contributed by atoms with E-state index in [1.807, 2.05) is 97.1 Å². The number of hydrogen-bond acceptors (Lipinski definition) is 6. The van der Waals surface area contributed by atoms with E-state index in [4.69, 9.17) is 29.9 Å². The number of nitrogens with one attached hydrogen (secondary N) is 2. The zero-order chi connectivity index (χ0) is 26.2. The molecule has 8 nitrogen and oxygen atoms in total. The van der Waals surface area contributed by atoms with Gasteiger partial charge in [-0.1, -0.05) is 97.1 Å². The Bertz CT molecular complexity index is 2030. The molecule has 0 atom stereocenters.